The van der Waals surface area contributed by atoms with E-state index in [4.69, 9.17) is 18.9 Å². The standard InChI is InChI=1S/C31H35FO5/c1-4-5-14-36-31-15-21(6-11-27(31)29-16-24(35-3)10-13-30(29)32)19-37-25-9-7-22-8-12-26(28(22)17-25)23(18-33)20-34-2/h6-7,9-11,13,15-18,23,26H,4-5,8,12,14,19-20H2,1-3H3/t23?,26-/m0/s1. The first kappa shape index (κ1) is 26.7. The number of unbranched alkanes of at least 4 members (excludes halogenated alkanes) is 1. The van der Waals surface area contributed by atoms with Crippen LogP contribution in [0.1, 0.15) is 48.8 Å². The van der Waals surface area contributed by atoms with Gasteiger partial charge in [0, 0.05) is 24.2 Å². The summed E-state index contributed by atoms with van der Waals surface area (Å²) in [6.07, 6.45) is 4.80. The lowest BCUT2D eigenvalue weighted by Gasteiger charge is -2.19. The number of fused-ring (bicyclic) bond motifs is 1. The number of hydrogen-bond acceptors (Lipinski definition) is 5. The van der Waals surface area contributed by atoms with E-state index in [1.807, 2.05) is 24.3 Å². The number of rotatable bonds is 13. The molecule has 0 saturated heterocycles. The van der Waals surface area contributed by atoms with Crippen LogP contribution in [-0.4, -0.2) is 33.7 Å². The second kappa shape index (κ2) is 12.7. The van der Waals surface area contributed by atoms with Gasteiger partial charge in [-0.3, -0.25) is 0 Å². The second-order valence-corrected chi connectivity index (χ2v) is 9.43. The molecule has 5 nitrogen and oxygen atoms in total. The van der Waals surface area contributed by atoms with Gasteiger partial charge in [0.15, 0.2) is 0 Å². The maximum atomic E-state index is 14.7. The molecule has 0 radical (unpaired) electrons. The van der Waals surface area contributed by atoms with Crippen molar-refractivity contribution in [2.75, 3.05) is 27.4 Å². The summed E-state index contributed by atoms with van der Waals surface area (Å²) < 4.78 is 37.5. The third-order valence-electron chi connectivity index (χ3n) is 6.96. The quantitative estimate of drug-likeness (QED) is 0.190. The number of carbonyl (C=O) groups excluding carboxylic acids is 1. The van der Waals surface area contributed by atoms with Crippen LogP contribution in [0.3, 0.4) is 0 Å². The number of benzene rings is 3. The topological polar surface area (TPSA) is 54.0 Å². The molecule has 0 fully saturated rings. The first-order chi connectivity index (χ1) is 18.1. The predicted molar refractivity (Wildman–Crippen MR) is 142 cm³/mol. The molecule has 0 saturated carbocycles. The highest BCUT2D eigenvalue weighted by Gasteiger charge is 2.30. The molecule has 37 heavy (non-hydrogen) atoms. The van der Waals surface area contributed by atoms with Crippen LogP contribution in [0.4, 0.5) is 4.39 Å². The molecular formula is C31H35FO5. The lowest BCUT2D eigenvalue weighted by molar-refractivity contribution is -0.113. The zero-order chi connectivity index (χ0) is 26.2. The van der Waals surface area contributed by atoms with E-state index < -0.39 is 0 Å². The van der Waals surface area contributed by atoms with Gasteiger partial charge in [-0.15, -0.1) is 0 Å². The molecule has 1 aliphatic rings. The van der Waals surface area contributed by atoms with Gasteiger partial charge in [0.1, 0.15) is 36.0 Å². The van der Waals surface area contributed by atoms with Crippen molar-refractivity contribution in [3.05, 3.63) is 77.1 Å². The zero-order valence-electron chi connectivity index (χ0n) is 21.8. The number of methoxy groups -OCH3 is 2. The minimum atomic E-state index is -0.333. The molecule has 0 heterocycles. The van der Waals surface area contributed by atoms with E-state index in [1.54, 1.807) is 26.4 Å². The number of aryl methyl sites for hydroxylation is 1. The van der Waals surface area contributed by atoms with Gasteiger partial charge in [0.25, 0.3) is 0 Å². The summed E-state index contributed by atoms with van der Waals surface area (Å²) in [6.45, 7) is 3.40. The summed E-state index contributed by atoms with van der Waals surface area (Å²) >= 11 is 0. The zero-order valence-corrected chi connectivity index (χ0v) is 21.8. The first-order valence-corrected chi connectivity index (χ1v) is 12.9. The molecule has 3 aromatic carbocycles. The molecule has 0 spiro atoms. The highest BCUT2D eigenvalue weighted by molar-refractivity contribution is 5.72. The lowest BCUT2D eigenvalue weighted by Crippen LogP contribution is -2.17. The molecule has 0 amide bonds. The Balaban J connectivity index is 1.55. The Kier molecular flexibility index (Phi) is 9.18. The molecule has 0 bridgehead atoms. The van der Waals surface area contributed by atoms with Gasteiger partial charge in [0.2, 0.25) is 0 Å². The SMILES string of the molecule is CCCCOc1cc(COc2ccc3c(c2)[C@H](C(C=O)COC)CC3)ccc1-c1cc(OC)ccc1F. The van der Waals surface area contributed by atoms with Crippen molar-refractivity contribution in [2.45, 2.75) is 45.1 Å². The van der Waals surface area contributed by atoms with Crippen LogP contribution >= 0.6 is 0 Å². The van der Waals surface area contributed by atoms with Gasteiger partial charge in [0.05, 0.1) is 20.3 Å². The van der Waals surface area contributed by atoms with E-state index in [-0.39, 0.29) is 17.7 Å². The summed E-state index contributed by atoms with van der Waals surface area (Å²) in [6, 6.07) is 16.5. The Hall–Kier alpha value is -3.38. The first-order valence-electron chi connectivity index (χ1n) is 12.9. The molecule has 0 aromatic heterocycles. The molecule has 3 aromatic rings. The average Bonchev–Trinajstić information content (AvgIpc) is 3.34. The fourth-order valence-corrected chi connectivity index (χ4v) is 4.92. The Morgan fingerprint density at radius 1 is 1.00 bits per heavy atom. The Morgan fingerprint density at radius 2 is 1.84 bits per heavy atom. The normalized spacial score (nSPS) is 15.2. The smallest absolute Gasteiger partial charge is 0.131 e. The van der Waals surface area contributed by atoms with Gasteiger partial charge < -0.3 is 23.7 Å². The van der Waals surface area contributed by atoms with Crippen LogP contribution in [0.2, 0.25) is 0 Å². The number of hydrogen-bond donors (Lipinski definition) is 0. The van der Waals surface area contributed by atoms with Crippen LogP contribution in [0.15, 0.2) is 54.6 Å². The van der Waals surface area contributed by atoms with Crippen LogP contribution in [-0.2, 0) is 22.6 Å². The average molecular weight is 507 g/mol. The van der Waals surface area contributed by atoms with E-state index in [1.165, 1.54) is 17.2 Å². The van der Waals surface area contributed by atoms with Gasteiger partial charge in [-0.2, -0.15) is 0 Å². The molecule has 0 aliphatic heterocycles. The molecule has 1 aliphatic carbocycles. The molecule has 1 unspecified atom stereocenters. The van der Waals surface area contributed by atoms with Crippen molar-refractivity contribution in [3.63, 3.8) is 0 Å². The maximum absolute atomic E-state index is 14.7. The largest absolute Gasteiger partial charge is 0.497 e. The van der Waals surface area contributed by atoms with E-state index in [0.29, 0.717) is 42.4 Å². The fourth-order valence-electron chi connectivity index (χ4n) is 4.92. The van der Waals surface area contributed by atoms with Gasteiger partial charge in [-0.05, 0) is 78.3 Å². The Morgan fingerprint density at radius 3 is 2.59 bits per heavy atom. The number of aldehydes is 1. The minimum Gasteiger partial charge on any atom is -0.497 e. The monoisotopic (exact) mass is 506 g/mol. The highest BCUT2D eigenvalue weighted by Crippen LogP contribution is 2.40. The summed E-state index contributed by atoms with van der Waals surface area (Å²) in [5.41, 5.74) is 4.45. The third-order valence-corrected chi connectivity index (χ3v) is 6.96. The molecule has 6 heteroatoms. The molecule has 2 atom stereocenters. The van der Waals surface area contributed by atoms with Crippen molar-refractivity contribution in [1.29, 1.82) is 0 Å². The van der Waals surface area contributed by atoms with Gasteiger partial charge >= 0.3 is 0 Å². The van der Waals surface area contributed by atoms with E-state index >= 15 is 0 Å². The Labute approximate surface area is 218 Å². The van der Waals surface area contributed by atoms with Crippen molar-refractivity contribution in [1.82, 2.24) is 0 Å². The van der Waals surface area contributed by atoms with Gasteiger partial charge in [-0.1, -0.05) is 31.5 Å². The summed E-state index contributed by atoms with van der Waals surface area (Å²) in [5.74, 6) is 1.61. The maximum Gasteiger partial charge on any atom is 0.131 e. The summed E-state index contributed by atoms with van der Waals surface area (Å²) in [7, 11) is 3.19. The number of halogens is 1. The summed E-state index contributed by atoms with van der Waals surface area (Å²) in [4.78, 5) is 11.6. The van der Waals surface area contributed by atoms with E-state index in [0.717, 1.165) is 43.3 Å². The minimum absolute atomic E-state index is 0.145. The molecule has 196 valence electrons. The predicted octanol–water partition coefficient (Wildman–Crippen LogP) is 6.75. The van der Waals surface area contributed by atoms with Crippen molar-refractivity contribution in [2.24, 2.45) is 5.92 Å². The lowest BCUT2D eigenvalue weighted by atomic mass is 9.88. The Bertz CT molecular complexity index is 1210. The van der Waals surface area contributed by atoms with Crippen LogP contribution in [0.5, 0.6) is 17.2 Å². The van der Waals surface area contributed by atoms with Crippen LogP contribution < -0.4 is 14.2 Å². The second-order valence-electron chi connectivity index (χ2n) is 9.43. The van der Waals surface area contributed by atoms with E-state index in [2.05, 4.69) is 19.1 Å². The number of carbonyl (C=O) groups is 1. The number of ether oxygens (including phenoxy) is 4. The van der Waals surface area contributed by atoms with Crippen LogP contribution in [0.25, 0.3) is 11.1 Å². The third kappa shape index (κ3) is 6.31. The fraction of sp³-hybridized carbons (Fsp3) is 0.387. The highest BCUT2D eigenvalue weighted by atomic mass is 19.1. The van der Waals surface area contributed by atoms with E-state index in [9.17, 15) is 9.18 Å². The molecular weight excluding hydrogens is 471 g/mol. The van der Waals surface area contributed by atoms with Gasteiger partial charge in [-0.25, -0.2) is 4.39 Å². The van der Waals surface area contributed by atoms with Crippen molar-refractivity contribution in [3.8, 4) is 28.4 Å². The van der Waals surface area contributed by atoms with Crippen molar-refractivity contribution < 1.29 is 28.1 Å². The molecule has 0 N–H and O–H groups in total. The van der Waals surface area contributed by atoms with Crippen LogP contribution in [0, 0.1) is 11.7 Å². The van der Waals surface area contributed by atoms with Crippen molar-refractivity contribution >= 4 is 6.29 Å². The molecule has 4 rings (SSSR count). The summed E-state index contributed by atoms with van der Waals surface area (Å²) in [5, 5.41) is 0.